The molecule has 1 heterocycles. The van der Waals surface area contributed by atoms with Crippen molar-refractivity contribution in [3.63, 3.8) is 0 Å². The number of nitrogens with one attached hydrogen (secondary N) is 1. The highest BCUT2D eigenvalue weighted by Gasteiger charge is 2.34. The van der Waals surface area contributed by atoms with Gasteiger partial charge in [-0.05, 0) is 18.3 Å². The standard InChI is InChI=1S/C9H19N/c1-3-5-9(6-4-2)7-10-8-9/h10H,3-8H2,1-2H3. The summed E-state index contributed by atoms with van der Waals surface area (Å²) >= 11 is 0. The van der Waals surface area contributed by atoms with E-state index in [9.17, 15) is 0 Å². The van der Waals surface area contributed by atoms with Crippen LogP contribution in [-0.2, 0) is 0 Å². The van der Waals surface area contributed by atoms with Crippen LogP contribution in [-0.4, -0.2) is 13.1 Å². The van der Waals surface area contributed by atoms with Gasteiger partial charge in [-0.15, -0.1) is 0 Å². The van der Waals surface area contributed by atoms with Crippen LogP contribution < -0.4 is 5.32 Å². The Bertz CT molecular complexity index is 86.9. The SMILES string of the molecule is CCCC1(CCC)CNC1. The molecule has 0 radical (unpaired) electrons. The topological polar surface area (TPSA) is 12.0 Å². The molecule has 1 nitrogen and oxygen atoms in total. The van der Waals surface area contributed by atoms with E-state index >= 15 is 0 Å². The van der Waals surface area contributed by atoms with E-state index in [4.69, 9.17) is 0 Å². The molecule has 1 saturated heterocycles. The Morgan fingerprint density at radius 2 is 1.60 bits per heavy atom. The van der Waals surface area contributed by atoms with Gasteiger partial charge in [0.1, 0.15) is 0 Å². The molecule has 0 aromatic carbocycles. The Balaban J connectivity index is 2.27. The Kier molecular flexibility index (Phi) is 2.72. The van der Waals surface area contributed by atoms with E-state index in [1.54, 1.807) is 0 Å². The van der Waals surface area contributed by atoms with Crippen molar-refractivity contribution in [3.8, 4) is 0 Å². The first-order valence-corrected chi connectivity index (χ1v) is 4.54. The molecule has 60 valence electrons. The van der Waals surface area contributed by atoms with Gasteiger partial charge in [-0.3, -0.25) is 0 Å². The van der Waals surface area contributed by atoms with Crippen LogP contribution >= 0.6 is 0 Å². The highest BCUT2D eigenvalue weighted by atomic mass is 15.0. The zero-order chi connectivity index (χ0) is 7.45. The lowest BCUT2D eigenvalue weighted by atomic mass is 9.74. The van der Waals surface area contributed by atoms with Crippen LogP contribution in [0.3, 0.4) is 0 Å². The van der Waals surface area contributed by atoms with Gasteiger partial charge < -0.3 is 5.32 Å². The average molecular weight is 141 g/mol. The summed E-state index contributed by atoms with van der Waals surface area (Å²) in [5, 5.41) is 3.37. The number of hydrogen-bond donors (Lipinski definition) is 1. The highest BCUT2D eigenvalue weighted by Crippen LogP contribution is 2.33. The van der Waals surface area contributed by atoms with Crippen LogP contribution in [0.15, 0.2) is 0 Å². The zero-order valence-electron chi connectivity index (χ0n) is 7.24. The van der Waals surface area contributed by atoms with E-state index in [1.807, 2.05) is 0 Å². The molecular formula is C9H19N. The first kappa shape index (κ1) is 8.06. The van der Waals surface area contributed by atoms with Gasteiger partial charge in [-0.1, -0.05) is 26.7 Å². The molecule has 10 heavy (non-hydrogen) atoms. The molecule has 1 aliphatic rings. The van der Waals surface area contributed by atoms with Gasteiger partial charge in [0.15, 0.2) is 0 Å². The van der Waals surface area contributed by atoms with Crippen LogP contribution in [0.5, 0.6) is 0 Å². The lowest BCUT2D eigenvalue weighted by Crippen LogP contribution is -2.53. The summed E-state index contributed by atoms with van der Waals surface area (Å²) in [6.07, 6.45) is 5.55. The van der Waals surface area contributed by atoms with Crippen LogP contribution in [0.25, 0.3) is 0 Å². The van der Waals surface area contributed by atoms with Crippen molar-refractivity contribution in [3.05, 3.63) is 0 Å². The maximum atomic E-state index is 3.37. The molecule has 0 aromatic heterocycles. The fourth-order valence-corrected chi connectivity index (χ4v) is 2.02. The van der Waals surface area contributed by atoms with Crippen molar-refractivity contribution >= 4 is 0 Å². The summed E-state index contributed by atoms with van der Waals surface area (Å²) in [6.45, 7) is 7.12. The molecule has 0 aromatic rings. The lowest BCUT2D eigenvalue weighted by Gasteiger charge is -2.42. The number of rotatable bonds is 4. The van der Waals surface area contributed by atoms with Gasteiger partial charge >= 0.3 is 0 Å². The summed E-state index contributed by atoms with van der Waals surface area (Å²) in [4.78, 5) is 0. The van der Waals surface area contributed by atoms with Crippen LogP contribution in [0.1, 0.15) is 39.5 Å². The minimum atomic E-state index is 0.712. The third-order valence-electron chi connectivity index (χ3n) is 2.56. The second kappa shape index (κ2) is 3.38. The third kappa shape index (κ3) is 1.51. The van der Waals surface area contributed by atoms with Gasteiger partial charge in [-0.25, -0.2) is 0 Å². The molecule has 0 amide bonds. The summed E-state index contributed by atoms with van der Waals surface area (Å²) in [5.74, 6) is 0. The van der Waals surface area contributed by atoms with E-state index in [0.29, 0.717) is 5.41 Å². The van der Waals surface area contributed by atoms with Gasteiger partial charge in [0.25, 0.3) is 0 Å². The van der Waals surface area contributed by atoms with Crippen molar-refractivity contribution in [2.45, 2.75) is 39.5 Å². The molecule has 1 fully saturated rings. The summed E-state index contributed by atoms with van der Waals surface area (Å²) in [6, 6.07) is 0. The fraction of sp³-hybridized carbons (Fsp3) is 1.00. The van der Waals surface area contributed by atoms with Crippen LogP contribution in [0, 0.1) is 5.41 Å². The van der Waals surface area contributed by atoms with Gasteiger partial charge in [0, 0.05) is 13.1 Å². The quantitative estimate of drug-likeness (QED) is 0.632. The first-order chi connectivity index (χ1) is 4.83. The zero-order valence-corrected chi connectivity index (χ0v) is 7.24. The molecule has 0 aliphatic carbocycles. The Morgan fingerprint density at radius 1 is 1.10 bits per heavy atom. The molecule has 0 saturated carbocycles. The normalized spacial score (nSPS) is 22.2. The Morgan fingerprint density at radius 3 is 1.80 bits per heavy atom. The lowest BCUT2D eigenvalue weighted by molar-refractivity contribution is 0.135. The molecular weight excluding hydrogens is 122 g/mol. The Hall–Kier alpha value is -0.0400. The van der Waals surface area contributed by atoms with Crippen LogP contribution in [0.4, 0.5) is 0 Å². The maximum absolute atomic E-state index is 3.37. The monoisotopic (exact) mass is 141 g/mol. The van der Waals surface area contributed by atoms with Crippen molar-refractivity contribution in [1.82, 2.24) is 5.32 Å². The maximum Gasteiger partial charge on any atom is 0.00202 e. The van der Waals surface area contributed by atoms with E-state index in [-0.39, 0.29) is 0 Å². The van der Waals surface area contributed by atoms with Crippen molar-refractivity contribution < 1.29 is 0 Å². The molecule has 1 heteroatoms. The van der Waals surface area contributed by atoms with E-state index in [2.05, 4.69) is 19.2 Å². The summed E-state index contributed by atoms with van der Waals surface area (Å²) in [7, 11) is 0. The van der Waals surface area contributed by atoms with Crippen molar-refractivity contribution in [1.29, 1.82) is 0 Å². The number of hydrogen-bond acceptors (Lipinski definition) is 1. The van der Waals surface area contributed by atoms with E-state index in [0.717, 1.165) is 0 Å². The molecule has 0 spiro atoms. The summed E-state index contributed by atoms with van der Waals surface area (Å²) < 4.78 is 0. The second-order valence-electron chi connectivity index (χ2n) is 3.60. The molecule has 0 unspecified atom stereocenters. The minimum Gasteiger partial charge on any atom is -0.316 e. The average Bonchev–Trinajstić information content (AvgIpc) is 1.84. The fourth-order valence-electron chi connectivity index (χ4n) is 2.02. The van der Waals surface area contributed by atoms with Gasteiger partial charge in [-0.2, -0.15) is 0 Å². The largest absolute Gasteiger partial charge is 0.316 e. The molecule has 0 atom stereocenters. The van der Waals surface area contributed by atoms with E-state index < -0.39 is 0 Å². The molecule has 1 N–H and O–H groups in total. The highest BCUT2D eigenvalue weighted by molar-refractivity contribution is 4.91. The van der Waals surface area contributed by atoms with Gasteiger partial charge in [0.2, 0.25) is 0 Å². The predicted octanol–water partition coefficient (Wildman–Crippen LogP) is 2.18. The minimum absolute atomic E-state index is 0.712. The van der Waals surface area contributed by atoms with Gasteiger partial charge in [0.05, 0.1) is 0 Å². The summed E-state index contributed by atoms with van der Waals surface area (Å²) in [5.41, 5.74) is 0.712. The third-order valence-corrected chi connectivity index (χ3v) is 2.56. The van der Waals surface area contributed by atoms with Crippen molar-refractivity contribution in [2.75, 3.05) is 13.1 Å². The molecule has 1 aliphatic heterocycles. The first-order valence-electron chi connectivity index (χ1n) is 4.54. The smallest absolute Gasteiger partial charge is 0.00202 e. The predicted molar refractivity (Wildman–Crippen MR) is 45.1 cm³/mol. The van der Waals surface area contributed by atoms with Crippen LogP contribution in [0.2, 0.25) is 0 Å². The Labute approximate surface area is 64.2 Å². The van der Waals surface area contributed by atoms with Crippen molar-refractivity contribution in [2.24, 2.45) is 5.41 Å². The second-order valence-corrected chi connectivity index (χ2v) is 3.60. The molecule has 1 rings (SSSR count). The molecule has 0 bridgehead atoms. The van der Waals surface area contributed by atoms with E-state index in [1.165, 1.54) is 38.8 Å².